The first-order valence-electron chi connectivity index (χ1n) is 9.08. The molecule has 1 spiro atoms. The molecular weight excluding hydrogens is 258 g/mol. The Balaban J connectivity index is 2.02. The van der Waals surface area contributed by atoms with Gasteiger partial charge in [-0.3, -0.25) is 0 Å². The summed E-state index contributed by atoms with van der Waals surface area (Å²) in [6, 6.07) is 0.659. The predicted molar refractivity (Wildman–Crippen MR) is 90.6 cm³/mol. The molecule has 0 radical (unpaired) electrons. The van der Waals surface area contributed by atoms with Crippen molar-refractivity contribution >= 4 is 0 Å². The largest absolute Gasteiger partial charge is 0.378 e. The quantitative estimate of drug-likeness (QED) is 0.777. The summed E-state index contributed by atoms with van der Waals surface area (Å²) >= 11 is 0. The number of hydrogen-bond acceptors (Lipinski definition) is 2. The Morgan fingerprint density at radius 3 is 2.19 bits per heavy atom. The van der Waals surface area contributed by atoms with Gasteiger partial charge in [-0.15, -0.1) is 0 Å². The third-order valence-corrected chi connectivity index (χ3v) is 5.47. The third-order valence-electron chi connectivity index (χ3n) is 5.47. The van der Waals surface area contributed by atoms with Crippen LogP contribution in [0.5, 0.6) is 0 Å². The van der Waals surface area contributed by atoms with E-state index in [9.17, 15) is 0 Å². The maximum Gasteiger partial charge on any atom is 0.0661 e. The van der Waals surface area contributed by atoms with Crippen LogP contribution in [-0.2, 0) is 4.74 Å². The zero-order valence-corrected chi connectivity index (χ0v) is 15.2. The second kappa shape index (κ2) is 6.20. The lowest BCUT2D eigenvalue weighted by Crippen LogP contribution is -2.68. The molecule has 0 aromatic heterocycles. The Morgan fingerprint density at radius 2 is 1.67 bits per heavy atom. The van der Waals surface area contributed by atoms with Crippen LogP contribution in [0.1, 0.15) is 86.5 Å². The Labute approximate surface area is 132 Å². The molecule has 0 amide bonds. The van der Waals surface area contributed by atoms with Gasteiger partial charge in [0.15, 0.2) is 0 Å². The molecule has 0 bridgehead atoms. The molecule has 0 aromatic carbocycles. The van der Waals surface area contributed by atoms with Crippen LogP contribution in [0.2, 0.25) is 0 Å². The zero-order valence-electron chi connectivity index (χ0n) is 15.2. The van der Waals surface area contributed by atoms with Crippen molar-refractivity contribution in [1.29, 1.82) is 0 Å². The van der Waals surface area contributed by atoms with Gasteiger partial charge in [0.1, 0.15) is 0 Å². The van der Waals surface area contributed by atoms with Gasteiger partial charge in [0.2, 0.25) is 0 Å². The molecule has 21 heavy (non-hydrogen) atoms. The van der Waals surface area contributed by atoms with E-state index in [4.69, 9.17) is 4.74 Å². The van der Waals surface area contributed by atoms with Crippen molar-refractivity contribution in [2.24, 2.45) is 10.8 Å². The summed E-state index contributed by atoms with van der Waals surface area (Å²) in [7, 11) is 0. The summed E-state index contributed by atoms with van der Waals surface area (Å²) in [4.78, 5) is 0. The molecule has 2 unspecified atom stereocenters. The smallest absolute Gasteiger partial charge is 0.0661 e. The van der Waals surface area contributed by atoms with Gasteiger partial charge >= 0.3 is 0 Å². The molecule has 0 aromatic rings. The van der Waals surface area contributed by atoms with Gasteiger partial charge in [0, 0.05) is 23.6 Å². The van der Waals surface area contributed by atoms with Crippen molar-refractivity contribution in [3.05, 3.63) is 0 Å². The maximum absolute atomic E-state index is 6.08. The Kier molecular flexibility index (Phi) is 5.10. The topological polar surface area (TPSA) is 21.3 Å². The standard InChI is InChI=1S/C19H37NO/c1-7-21-16-13-15(19(16)11-9-8-10-12-19)20-18(5,6)14-17(2,3)4/h15-16,20H,7-14H2,1-6H3. The van der Waals surface area contributed by atoms with Crippen molar-refractivity contribution in [2.45, 2.75) is 104 Å². The van der Waals surface area contributed by atoms with E-state index in [0.717, 1.165) is 6.61 Å². The second-order valence-corrected chi connectivity index (χ2v) is 9.29. The molecule has 2 fully saturated rings. The normalized spacial score (nSPS) is 29.4. The van der Waals surface area contributed by atoms with Gasteiger partial charge in [-0.05, 0) is 51.9 Å². The summed E-state index contributed by atoms with van der Waals surface area (Å²) in [6.45, 7) is 14.8. The minimum atomic E-state index is 0.213. The fourth-order valence-electron chi connectivity index (χ4n) is 5.11. The molecule has 2 heteroatoms. The van der Waals surface area contributed by atoms with E-state index in [1.54, 1.807) is 0 Å². The lowest BCUT2D eigenvalue weighted by Gasteiger charge is -2.60. The van der Waals surface area contributed by atoms with Crippen molar-refractivity contribution in [3.63, 3.8) is 0 Å². The Bertz CT molecular complexity index is 336. The van der Waals surface area contributed by atoms with Gasteiger partial charge in [-0.25, -0.2) is 0 Å². The second-order valence-electron chi connectivity index (χ2n) is 9.29. The molecule has 124 valence electrons. The minimum Gasteiger partial charge on any atom is -0.378 e. The number of hydrogen-bond donors (Lipinski definition) is 1. The molecule has 0 aliphatic heterocycles. The van der Waals surface area contributed by atoms with Crippen LogP contribution in [0.4, 0.5) is 0 Å². The van der Waals surface area contributed by atoms with Crippen molar-refractivity contribution in [3.8, 4) is 0 Å². The molecule has 0 heterocycles. The predicted octanol–water partition coefficient (Wildman–Crippen LogP) is 4.92. The lowest BCUT2D eigenvalue weighted by molar-refractivity contribution is -0.155. The number of rotatable bonds is 5. The summed E-state index contributed by atoms with van der Waals surface area (Å²) in [6.07, 6.45) is 9.85. The highest BCUT2D eigenvalue weighted by molar-refractivity contribution is 5.10. The van der Waals surface area contributed by atoms with Gasteiger partial charge < -0.3 is 10.1 Å². The van der Waals surface area contributed by atoms with Crippen LogP contribution in [0.25, 0.3) is 0 Å². The van der Waals surface area contributed by atoms with E-state index in [2.05, 4.69) is 46.9 Å². The van der Waals surface area contributed by atoms with E-state index >= 15 is 0 Å². The molecule has 0 saturated heterocycles. The zero-order chi connectivity index (χ0) is 15.7. The van der Waals surface area contributed by atoms with Crippen molar-refractivity contribution in [1.82, 2.24) is 5.32 Å². The van der Waals surface area contributed by atoms with Crippen LogP contribution in [-0.4, -0.2) is 24.3 Å². The highest BCUT2D eigenvalue weighted by Gasteiger charge is 2.56. The average molecular weight is 296 g/mol. The Hall–Kier alpha value is -0.0800. The monoisotopic (exact) mass is 295 g/mol. The van der Waals surface area contributed by atoms with Crippen molar-refractivity contribution < 1.29 is 4.74 Å². The molecule has 2 saturated carbocycles. The van der Waals surface area contributed by atoms with Crippen LogP contribution < -0.4 is 5.32 Å². The molecule has 2 nitrogen and oxygen atoms in total. The molecule has 2 atom stereocenters. The van der Waals surface area contributed by atoms with Crippen LogP contribution in [0.3, 0.4) is 0 Å². The first-order valence-corrected chi connectivity index (χ1v) is 9.08. The first-order chi connectivity index (χ1) is 9.69. The fraction of sp³-hybridized carbons (Fsp3) is 1.00. The average Bonchev–Trinajstić information content (AvgIpc) is 2.35. The molecule has 2 aliphatic carbocycles. The van der Waals surface area contributed by atoms with Crippen LogP contribution >= 0.6 is 0 Å². The SMILES string of the molecule is CCOC1CC(NC(C)(C)CC(C)(C)C)C12CCCCC2. The van der Waals surface area contributed by atoms with E-state index < -0.39 is 0 Å². The maximum atomic E-state index is 6.08. The summed E-state index contributed by atoms with van der Waals surface area (Å²) in [5, 5.41) is 4.02. The first kappa shape index (κ1) is 17.3. The molecule has 2 rings (SSSR count). The third kappa shape index (κ3) is 4.01. The van der Waals surface area contributed by atoms with E-state index in [-0.39, 0.29) is 5.54 Å². The lowest BCUT2D eigenvalue weighted by atomic mass is 9.54. The minimum absolute atomic E-state index is 0.213. The van der Waals surface area contributed by atoms with Crippen molar-refractivity contribution in [2.75, 3.05) is 6.61 Å². The highest BCUT2D eigenvalue weighted by Crippen LogP contribution is 2.54. The van der Waals surface area contributed by atoms with Crippen LogP contribution in [0.15, 0.2) is 0 Å². The fourth-order valence-corrected chi connectivity index (χ4v) is 5.11. The summed E-state index contributed by atoms with van der Waals surface area (Å²) in [5.41, 5.74) is 1.02. The summed E-state index contributed by atoms with van der Waals surface area (Å²) < 4.78 is 6.08. The molecular formula is C19H37NO. The Morgan fingerprint density at radius 1 is 1.05 bits per heavy atom. The highest BCUT2D eigenvalue weighted by atomic mass is 16.5. The van der Waals surface area contributed by atoms with Gasteiger partial charge in [-0.1, -0.05) is 40.0 Å². The van der Waals surface area contributed by atoms with Gasteiger partial charge in [0.05, 0.1) is 6.10 Å². The van der Waals surface area contributed by atoms with E-state index in [0.29, 0.717) is 23.0 Å². The summed E-state index contributed by atoms with van der Waals surface area (Å²) in [5.74, 6) is 0. The van der Waals surface area contributed by atoms with E-state index in [1.807, 2.05) is 0 Å². The van der Waals surface area contributed by atoms with Crippen LogP contribution in [0, 0.1) is 10.8 Å². The van der Waals surface area contributed by atoms with Gasteiger partial charge in [0.25, 0.3) is 0 Å². The molecule has 2 aliphatic rings. The van der Waals surface area contributed by atoms with Gasteiger partial charge in [-0.2, -0.15) is 0 Å². The van der Waals surface area contributed by atoms with E-state index in [1.165, 1.54) is 44.9 Å². The number of nitrogens with one attached hydrogen (secondary N) is 1. The number of ether oxygens (including phenoxy) is 1. The molecule has 1 N–H and O–H groups in total.